The van der Waals surface area contributed by atoms with Gasteiger partial charge >= 0.3 is 7.60 Å². The van der Waals surface area contributed by atoms with E-state index in [-0.39, 0.29) is 6.29 Å². The second-order valence-electron chi connectivity index (χ2n) is 6.46. The van der Waals surface area contributed by atoms with Gasteiger partial charge in [-0.2, -0.15) is 0 Å². The van der Waals surface area contributed by atoms with Crippen LogP contribution in [0.3, 0.4) is 0 Å². The van der Waals surface area contributed by atoms with E-state index in [0.717, 1.165) is 27.7 Å². The molecule has 0 aliphatic rings. The van der Waals surface area contributed by atoms with Crippen LogP contribution in [0.1, 0.15) is 5.69 Å². The monoisotopic (exact) mass is 378 g/mol. The molecule has 4 aromatic rings. The van der Waals surface area contributed by atoms with E-state index >= 15 is 0 Å². The Bertz CT molecular complexity index is 1170. The highest BCUT2D eigenvalue weighted by Crippen LogP contribution is 2.34. The van der Waals surface area contributed by atoms with E-state index in [2.05, 4.69) is 35.6 Å². The number of rotatable bonds is 5. The van der Waals surface area contributed by atoms with Crippen LogP contribution in [0.2, 0.25) is 0 Å². The summed E-state index contributed by atoms with van der Waals surface area (Å²) in [6.45, 7) is 0.297. The first-order chi connectivity index (χ1) is 13.0. The van der Waals surface area contributed by atoms with Crippen molar-refractivity contribution in [2.24, 2.45) is 0 Å². The van der Waals surface area contributed by atoms with E-state index in [9.17, 15) is 4.57 Å². The number of pyridine rings is 1. The lowest BCUT2D eigenvalue weighted by Crippen LogP contribution is -2.15. The predicted molar refractivity (Wildman–Crippen MR) is 108 cm³/mol. The summed E-state index contributed by atoms with van der Waals surface area (Å²) in [4.78, 5) is 22.7. The normalized spacial score (nSPS) is 11.9. The van der Waals surface area contributed by atoms with Crippen molar-refractivity contribution < 1.29 is 14.4 Å². The summed E-state index contributed by atoms with van der Waals surface area (Å²) in [5.74, 6) is 0. The maximum absolute atomic E-state index is 11.0. The molecule has 0 saturated carbocycles. The number of nitrogens with one attached hydrogen (secondary N) is 1. The van der Waals surface area contributed by atoms with Crippen LogP contribution < -0.4 is 5.32 Å². The van der Waals surface area contributed by atoms with Crippen molar-refractivity contribution in [3.8, 4) is 11.1 Å². The first kappa shape index (κ1) is 17.8. The van der Waals surface area contributed by atoms with Gasteiger partial charge in [-0.15, -0.1) is 0 Å². The van der Waals surface area contributed by atoms with Gasteiger partial charge in [-0.25, -0.2) is 0 Å². The van der Waals surface area contributed by atoms with E-state index in [1.807, 2.05) is 42.5 Å². The van der Waals surface area contributed by atoms with Crippen molar-refractivity contribution in [1.82, 2.24) is 10.3 Å². The third kappa shape index (κ3) is 3.92. The van der Waals surface area contributed by atoms with Crippen LogP contribution in [0.4, 0.5) is 0 Å². The van der Waals surface area contributed by atoms with Crippen molar-refractivity contribution in [2.75, 3.05) is 6.29 Å². The molecular weight excluding hydrogens is 359 g/mol. The van der Waals surface area contributed by atoms with Gasteiger partial charge in [0.15, 0.2) is 0 Å². The lowest BCUT2D eigenvalue weighted by molar-refractivity contribution is 0.367. The molecule has 0 spiro atoms. The number of hydrogen-bond acceptors (Lipinski definition) is 3. The molecule has 1 heterocycles. The molecule has 0 atom stereocenters. The summed E-state index contributed by atoms with van der Waals surface area (Å²) < 4.78 is 11.0. The lowest BCUT2D eigenvalue weighted by atomic mass is 9.96. The standard InChI is InChI=1S/C21H19N2O3P/c24-27(25,26)14-22-13-17-12-11-16-7-4-10-20(21(16)23-17)19-9-3-6-15-5-1-2-8-18(15)19/h1-12,22H,13-14H2,(H2,24,25,26). The Morgan fingerprint density at radius 2 is 1.52 bits per heavy atom. The third-order valence-electron chi connectivity index (χ3n) is 4.48. The summed E-state index contributed by atoms with van der Waals surface area (Å²) in [6.07, 6.45) is -0.363. The SMILES string of the molecule is O=P(O)(O)CNCc1ccc2cccc(-c3cccc4ccccc34)c2n1. The van der Waals surface area contributed by atoms with E-state index in [0.29, 0.717) is 6.54 Å². The van der Waals surface area contributed by atoms with Crippen molar-refractivity contribution in [2.45, 2.75) is 6.54 Å². The van der Waals surface area contributed by atoms with Crippen molar-refractivity contribution in [3.63, 3.8) is 0 Å². The Morgan fingerprint density at radius 3 is 2.33 bits per heavy atom. The predicted octanol–water partition coefficient (Wildman–Crippen LogP) is 4.28. The largest absolute Gasteiger partial charge is 0.339 e. The summed E-state index contributed by atoms with van der Waals surface area (Å²) in [5.41, 5.74) is 3.78. The molecule has 0 bridgehead atoms. The van der Waals surface area contributed by atoms with Gasteiger partial charge in [-0.1, -0.05) is 66.7 Å². The fourth-order valence-electron chi connectivity index (χ4n) is 3.29. The van der Waals surface area contributed by atoms with Gasteiger partial charge in [-0.05, 0) is 22.4 Å². The van der Waals surface area contributed by atoms with E-state index < -0.39 is 7.60 Å². The zero-order chi connectivity index (χ0) is 18.9. The number of aromatic nitrogens is 1. The van der Waals surface area contributed by atoms with Crippen LogP contribution in [-0.2, 0) is 11.1 Å². The van der Waals surface area contributed by atoms with Gasteiger partial charge in [0.05, 0.1) is 17.5 Å². The molecule has 0 aliphatic carbocycles. The Kier molecular flexibility index (Phi) is 4.77. The van der Waals surface area contributed by atoms with E-state index in [1.165, 1.54) is 10.8 Å². The Labute approximate surface area is 156 Å². The molecule has 5 nitrogen and oxygen atoms in total. The van der Waals surface area contributed by atoms with Gasteiger partial charge < -0.3 is 15.1 Å². The molecule has 0 fully saturated rings. The molecule has 6 heteroatoms. The molecule has 4 rings (SSSR count). The maximum atomic E-state index is 11.0. The highest BCUT2D eigenvalue weighted by molar-refractivity contribution is 7.51. The van der Waals surface area contributed by atoms with Gasteiger partial charge in [0.25, 0.3) is 0 Å². The van der Waals surface area contributed by atoms with E-state index in [4.69, 9.17) is 14.8 Å². The van der Waals surface area contributed by atoms with Gasteiger partial charge in [0, 0.05) is 17.5 Å². The minimum Gasteiger partial charge on any atom is -0.324 e. The molecular formula is C21H19N2O3P. The smallest absolute Gasteiger partial charge is 0.324 e. The topological polar surface area (TPSA) is 82.5 Å². The zero-order valence-corrected chi connectivity index (χ0v) is 15.4. The molecule has 136 valence electrons. The van der Waals surface area contributed by atoms with Crippen LogP contribution in [0.5, 0.6) is 0 Å². The third-order valence-corrected chi connectivity index (χ3v) is 5.12. The quantitative estimate of drug-likeness (QED) is 0.452. The van der Waals surface area contributed by atoms with Crippen LogP contribution >= 0.6 is 7.60 Å². The van der Waals surface area contributed by atoms with Gasteiger partial charge in [0.1, 0.15) is 0 Å². The van der Waals surface area contributed by atoms with Gasteiger partial charge in [0.2, 0.25) is 0 Å². The van der Waals surface area contributed by atoms with Crippen molar-refractivity contribution in [3.05, 3.63) is 78.5 Å². The average Bonchev–Trinajstić information content (AvgIpc) is 2.66. The molecule has 27 heavy (non-hydrogen) atoms. The molecule has 0 saturated heterocycles. The molecule has 0 aliphatic heterocycles. The minimum atomic E-state index is -4.07. The summed E-state index contributed by atoms with van der Waals surface area (Å²) in [5, 5.41) is 6.14. The number of para-hydroxylation sites is 1. The summed E-state index contributed by atoms with van der Waals surface area (Å²) in [6, 6.07) is 24.5. The molecule has 0 radical (unpaired) electrons. The fourth-order valence-corrected chi connectivity index (χ4v) is 3.70. The number of fused-ring (bicyclic) bond motifs is 2. The first-order valence-electron chi connectivity index (χ1n) is 8.63. The van der Waals surface area contributed by atoms with Gasteiger partial charge in [-0.3, -0.25) is 9.55 Å². The molecule has 3 N–H and O–H groups in total. The summed E-state index contributed by atoms with van der Waals surface area (Å²) in [7, 11) is -4.07. The number of hydrogen-bond donors (Lipinski definition) is 3. The van der Waals surface area contributed by atoms with Crippen molar-refractivity contribution in [1.29, 1.82) is 0 Å². The average molecular weight is 378 g/mol. The molecule has 3 aromatic carbocycles. The minimum absolute atomic E-state index is 0.297. The molecule has 0 unspecified atom stereocenters. The Morgan fingerprint density at radius 1 is 0.815 bits per heavy atom. The van der Waals surface area contributed by atoms with Crippen LogP contribution in [0.15, 0.2) is 72.8 Å². The zero-order valence-electron chi connectivity index (χ0n) is 14.5. The highest BCUT2D eigenvalue weighted by atomic mass is 31.2. The molecule has 1 aromatic heterocycles. The first-order valence-corrected chi connectivity index (χ1v) is 10.4. The summed E-state index contributed by atoms with van der Waals surface area (Å²) >= 11 is 0. The second-order valence-corrected chi connectivity index (χ2v) is 8.10. The molecule has 0 amide bonds. The van der Waals surface area contributed by atoms with Crippen molar-refractivity contribution >= 4 is 29.3 Å². The van der Waals surface area contributed by atoms with E-state index in [1.54, 1.807) is 0 Å². The Balaban J connectivity index is 1.79. The van der Waals surface area contributed by atoms with Crippen LogP contribution in [0, 0.1) is 0 Å². The lowest BCUT2D eigenvalue weighted by Gasteiger charge is -2.11. The number of benzene rings is 3. The van der Waals surface area contributed by atoms with Crippen LogP contribution in [-0.4, -0.2) is 21.1 Å². The van der Waals surface area contributed by atoms with Crippen LogP contribution in [0.25, 0.3) is 32.8 Å². The highest BCUT2D eigenvalue weighted by Gasteiger charge is 2.12. The second kappa shape index (κ2) is 7.22. The Hall–Kier alpha value is -2.56. The number of nitrogens with zero attached hydrogens (tertiary/aromatic N) is 1. The maximum Gasteiger partial charge on any atom is 0.339 e. The fraction of sp³-hybridized carbons (Fsp3) is 0.0952.